The summed E-state index contributed by atoms with van der Waals surface area (Å²) < 4.78 is 1.70. The molecule has 0 aromatic carbocycles. The van der Waals surface area contributed by atoms with Gasteiger partial charge in [-0.15, -0.1) is 0 Å². The van der Waals surface area contributed by atoms with E-state index in [2.05, 4.69) is 20.0 Å². The van der Waals surface area contributed by atoms with Crippen LogP contribution in [0, 0.1) is 0 Å². The molecule has 7 nitrogen and oxygen atoms in total. The maximum atomic E-state index is 10.9. The number of aromatic nitrogens is 4. The molecule has 0 unspecified atom stereocenters. The Morgan fingerprint density at radius 2 is 2.37 bits per heavy atom. The van der Waals surface area contributed by atoms with Gasteiger partial charge < -0.3 is 10.0 Å². The normalized spacial score (nSPS) is 19.2. The molecule has 1 saturated heterocycles. The molecule has 0 radical (unpaired) electrons. The minimum atomic E-state index is -0.770. The Labute approximate surface area is 109 Å². The Kier molecular flexibility index (Phi) is 2.81. The van der Waals surface area contributed by atoms with Crippen LogP contribution in [0.4, 0.5) is 5.82 Å². The highest BCUT2D eigenvalue weighted by atomic mass is 16.4. The summed E-state index contributed by atoms with van der Waals surface area (Å²) in [5.74, 6) is 0.0234. The summed E-state index contributed by atoms with van der Waals surface area (Å²) in [5.41, 5.74) is 0.769. The molecule has 19 heavy (non-hydrogen) atoms. The summed E-state index contributed by atoms with van der Waals surface area (Å²) in [5, 5.41) is 14.0. The topological polar surface area (TPSA) is 84.1 Å². The second-order valence-corrected chi connectivity index (χ2v) is 4.79. The molecule has 2 aromatic heterocycles. The van der Waals surface area contributed by atoms with E-state index >= 15 is 0 Å². The highest BCUT2D eigenvalue weighted by Crippen LogP contribution is 2.30. The molecule has 1 fully saturated rings. The fourth-order valence-electron chi connectivity index (χ4n) is 2.71. The van der Waals surface area contributed by atoms with Crippen LogP contribution in [0.5, 0.6) is 0 Å². The van der Waals surface area contributed by atoms with Crippen molar-refractivity contribution in [3.8, 4) is 0 Å². The number of carbonyl (C=O) groups is 1. The van der Waals surface area contributed by atoms with Crippen LogP contribution in [-0.2, 0) is 11.8 Å². The number of nitrogens with zero attached hydrogens (tertiary/aromatic N) is 5. The summed E-state index contributed by atoms with van der Waals surface area (Å²) in [6, 6.07) is 0.0100. The highest BCUT2D eigenvalue weighted by Gasteiger charge is 2.29. The summed E-state index contributed by atoms with van der Waals surface area (Å²) in [7, 11) is 1.83. The van der Waals surface area contributed by atoms with Crippen LogP contribution in [0.25, 0.3) is 11.0 Å². The smallest absolute Gasteiger partial charge is 0.305 e. The minimum absolute atomic E-state index is 0.0100. The molecule has 0 aliphatic carbocycles. The number of aliphatic carboxylic acids is 1. The molecule has 100 valence electrons. The zero-order valence-electron chi connectivity index (χ0n) is 10.7. The lowest BCUT2D eigenvalue weighted by atomic mass is 10.1. The molecule has 0 amide bonds. The number of fused-ring (bicyclic) bond motifs is 1. The van der Waals surface area contributed by atoms with E-state index in [1.165, 1.54) is 6.33 Å². The molecule has 1 N–H and O–H groups in total. The van der Waals surface area contributed by atoms with Crippen LogP contribution in [0.3, 0.4) is 0 Å². The van der Waals surface area contributed by atoms with E-state index in [0.717, 1.165) is 36.2 Å². The van der Waals surface area contributed by atoms with Gasteiger partial charge in [0.15, 0.2) is 5.65 Å². The predicted molar refractivity (Wildman–Crippen MR) is 68.9 cm³/mol. The van der Waals surface area contributed by atoms with Gasteiger partial charge in [-0.3, -0.25) is 9.48 Å². The molecule has 3 heterocycles. The van der Waals surface area contributed by atoms with E-state index < -0.39 is 5.97 Å². The second-order valence-electron chi connectivity index (χ2n) is 4.79. The van der Waals surface area contributed by atoms with Gasteiger partial charge in [-0.2, -0.15) is 5.10 Å². The summed E-state index contributed by atoms with van der Waals surface area (Å²) >= 11 is 0. The van der Waals surface area contributed by atoms with Crippen molar-refractivity contribution in [2.45, 2.75) is 25.3 Å². The monoisotopic (exact) mass is 261 g/mol. The van der Waals surface area contributed by atoms with Crippen LogP contribution >= 0.6 is 0 Å². The lowest BCUT2D eigenvalue weighted by Crippen LogP contribution is -2.32. The first-order valence-electron chi connectivity index (χ1n) is 6.28. The average molecular weight is 261 g/mol. The molecule has 1 aliphatic heterocycles. The Bertz CT molecular complexity index is 624. The maximum Gasteiger partial charge on any atom is 0.305 e. The number of carboxylic acids is 1. The third-order valence-corrected chi connectivity index (χ3v) is 3.57. The van der Waals surface area contributed by atoms with Crippen LogP contribution in [0.2, 0.25) is 0 Å². The molecule has 1 aliphatic rings. The van der Waals surface area contributed by atoms with E-state index in [1.807, 2.05) is 7.05 Å². The van der Waals surface area contributed by atoms with Crippen molar-refractivity contribution in [3.63, 3.8) is 0 Å². The van der Waals surface area contributed by atoms with Crippen LogP contribution < -0.4 is 4.90 Å². The van der Waals surface area contributed by atoms with Crippen LogP contribution in [0.15, 0.2) is 12.5 Å². The van der Waals surface area contributed by atoms with Crippen LogP contribution in [0.1, 0.15) is 19.3 Å². The zero-order valence-corrected chi connectivity index (χ0v) is 10.7. The first-order chi connectivity index (χ1) is 9.16. The second kappa shape index (κ2) is 4.49. The molecule has 2 aromatic rings. The summed E-state index contributed by atoms with van der Waals surface area (Å²) in [6.07, 6.45) is 5.27. The molecule has 0 saturated carbocycles. The third-order valence-electron chi connectivity index (χ3n) is 3.57. The lowest BCUT2D eigenvalue weighted by Gasteiger charge is -2.24. The highest BCUT2D eigenvalue weighted by molar-refractivity contribution is 5.87. The van der Waals surface area contributed by atoms with Crippen molar-refractivity contribution in [1.82, 2.24) is 19.7 Å². The van der Waals surface area contributed by atoms with Crippen molar-refractivity contribution in [3.05, 3.63) is 12.5 Å². The van der Waals surface area contributed by atoms with E-state index in [1.54, 1.807) is 10.9 Å². The fourth-order valence-corrected chi connectivity index (χ4v) is 2.71. The van der Waals surface area contributed by atoms with Gasteiger partial charge in [-0.25, -0.2) is 9.97 Å². The molecule has 1 atom stereocenters. The van der Waals surface area contributed by atoms with Gasteiger partial charge in [0.2, 0.25) is 0 Å². The molecular formula is C12H15N5O2. The number of carboxylic acid groups (broad SMARTS) is 1. The van der Waals surface area contributed by atoms with Crippen molar-refractivity contribution in [2.75, 3.05) is 11.4 Å². The number of aryl methyl sites for hydroxylation is 1. The predicted octanol–water partition coefficient (Wildman–Crippen LogP) is 0.807. The molecule has 3 rings (SSSR count). The van der Waals surface area contributed by atoms with Crippen molar-refractivity contribution >= 4 is 22.8 Å². The summed E-state index contributed by atoms with van der Waals surface area (Å²) in [6.45, 7) is 0.832. The van der Waals surface area contributed by atoms with Gasteiger partial charge in [0, 0.05) is 19.6 Å². The molecule has 7 heteroatoms. The third kappa shape index (κ3) is 2.00. The number of rotatable bonds is 3. The minimum Gasteiger partial charge on any atom is -0.481 e. The zero-order chi connectivity index (χ0) is 13.4. The quantitative estimate of drug-likeness (QED) is 0.880. The van der Waals surface area contributed by atoms with Gasteiger partial charge in [-0.1, -0.05) is 0 Å². The fraction of sp³-hybridized carbons (Fsp3) is 0.500. The van der Waals surface area contributed by atoms with E-state index in [0.29, 0.717) is 0 Å². The SMILES string of the molecule is Cn1ncc2c(N3CCC[C@H]3CC(=O)O)ncnc21. The number of hydrogen-bond donors (Lipinski definition) is 1. The standard InChI is InChI=1S/C12H15N5O2/c1-16-11-9(6-15-16)12(14-7-13-11)17-4-2-3-8(17)5-10(18)19/h6-8H,2-5H2,1H3,(H,18,19)/t8-/m0/s1. The van der Waals surface area contributed by atoms with Crippen LogP contribution in [-0.4, -0.2) is 43.4 Å². The largest absolute Gasteiger partial charge is 0.481 e. The Hall–Kier alpha value is -2.18. The van der Waals surface area contributed by atoms with Crippen molar-refractivity contribution < 1.29 is 9.90 Å². The van der Waals surface area contributed by atoms with Gasteiger partial charge in [0.25, 0.3) is 0 Å². The number of hydrogen-bond acceptors (Lipinski definition) is 5. The molecular weight excluding hydrogens is 246 g/mol. The Balaban J connectivity index is 2.01. The van der Waals surface area contributed by atoms with Gasteiger partial charge >= 0.3 is 5.97 Å². The van der Waals surface area contributed by atoms with Gasteiger partial charge in [0.05, 0.1) is 18.0 Å². The lowest BCUT2D eigenvalue weighted by molar-refractivity contribution is -0.137. The molecule has 0 spiro atoms. The van der Waals surface area contributed by atoms with Gasteiger partial charge in [0.1, 0.15) is 12.1 Å². The number of anilines is 1. The average Bonchev–Trinajstić information content (AvgIpc) is 2.96. The van der Waals surface area contributed by atoms with Crippen molar-refractivity contribution in [2.24, 2.45) is 7.05 Å². The Morgan fingerprint density at radius 1 is 1.53 bits per heavy atom. The maximum absolute atomic E-state index is 10.9. The van der Waals surface area contributed by atoms with E-state index in [9.17, 15) is 4.79 Å². The summed E-state index contributed by atoms with van der Waals surface area (Å²) in [4.78, 5) is 21.5. The first-order valence-corrected chi connectivity index (χ1v) is 6.28. The van der Waals surface area contributed by atoms with Crippen molar-refractivity contribution in [1.29, 1.82) is 0 Å². The van der Waals surface area contributed by atoms with Gasteiger partial charge in [-0.05, 0) is 12.8 Å². The Morgan fingerprint density at radius 3 is 3.16 bits per heavy atom. The van der Waals surface area contributed by atoms with E-state index in [-0.39, 0.29) is 12.5 Å². The molecule has 0 bridgehead atoms. The van der Waals surface area contributed by atoms with E-state index in [4.69, 9.17) is 5.11 Å². The first kappa shape index (κ1) is 11.9.